The highest BCUT2D eigenvalue weighted by Crippen LogP contribution is 2.47. The fourth-order valence-electron chi connectivity index (χ4n) is 3.93. The second-order valence-corrected chi connectivity index (χ2v) is 8.48. The van der Waals surface area contributed by atoms with Gasteiger partial charge in [0.05, 0.1) is 21.3 Å². The van der Waals surface area contributed by atoms with E-state index in [-0.39, 0.29) is 33.0 Å². The Morgan fingerprint density at radius 2 is 2.07 bits per heavy atom. The number of carboxylic acid groups (broad SMARTS) is 1. The number of halogens is 2. The first-order valence-corrected chi connectivity index (χ1v) is 9.51. The van der Waals surface area contributed by atoms with Crippen LogP contribution in [0.15, 0.2) is 15.9 Å². The molecule has 1 saturated heterocycles. The molecule has 1 unspecified atom stereocenters. The van der Waals surface area contributed by atoms with Crippen molar-refractivity contribution in [1.29, 1.82) is 0 Å². The fraction of sp³-hybridized carbons (Fsp3) is 0.444. The minimum Gasteiger partial charge on any atom is -0.477 e. The van der Waals surface area contributed by atoms with Crippen molar-refractivity contribution in [1.82, 2.24) is 9.47 Å². The van der Waals surface area contributed by atoms with Gasteiger partial charge in [0, 0.05) is 19.1 Å². The molecule has 0 amide bonds. The summed E-state index contributed by atoms with van der Waals surface area (Å²) in [6, 6.07) is 1.17. The third-order valence-electron chi connectivity index (χ3n) is 5.38. The summed E-state index contributed by atoms with van der Waals surface area (Å²) < 4.78 is 31.8. The first-order valence-electron chi connectivity index (χ1n) is 8.63. The van der Waals surface area contributed by atoms with E-state index in [1.807, 2.05) is 19.0 Å². The van der Waals surface area contributed by atoms with Gasteiger partial charge in [-0.25, -0.2) is 13.6 Å². The van der Waals surface area contributed by atoms with Crippen molar-refractivity contribution in [2.75, 3.05) is 32.1 Å². The maximum absolute atomic E-state index is 15.5. The van der Waals surface area contributed by atoms with Crippen LogP contribution in [0.25, 0.3) is 10.9 Å². The number of carbonyl (C=O) groups is 1. The average Bonchev–Trinajstić information content (AvgIpc) is 3.05. The molecule has 0 spiro atoms. The number of pyridine rings is 1. The SMILES string of the molecule is CC1Sc2c(C(=O)O)c(=O)c3cc(F)c(N4CC[C@H](N(C)C)C4)c(F)c3n21. The molecule has 1 aromatic carbocycles. The van der Waals surface area contributed by atoms with Gasteiger partial charge in [0.2, 0.25) is 5.43 Å². The van der Waals surface area contributed by atoms with Crippen molar-refractivity contribution < 1.29 is 18.7 Å². The number of rotatable bonds is 3. The number of nitrogens with zero attached hydrogens (tertiary/aromatic N) is 3. The minimum absolute atomic E-state index is 0.0176. The number of benzene rings is 1. The van der Waals surface area contributed by atoms with E-state index < -0.39 is 28.6 Å². The summed E-state index contributed by atoms with van der Waals surface area (Å²) in [6.45, 7) is 2.78. The van der Waals surface area contributed by atoms with Gasteiger partial charge >= 0.3 is 5.97 Å². The van der Waals surface area contributed by atoms with E-state index in [1.165, 1.54) is 16.3 Å². The van der Waals surface area contributed by atoms with Crippen LogP contribution in [-0.4, -0.2) is 53.8 Å². The lowest BCUT2D eigenvalue weighted by molar-refractivity contribution is 0.0689. The molecule has 144 valence electrons. The summed E-state index contributed by atoms with van der Waals surface area (Å²) in [5, 5.41) is 9.12. The van der Waals surface area contributed by atoms with E-state index in [0.717, 1.165) is 12.5 Å². The Hall–Kier alpha value is -2.13. The van der Waals surface area contributed by atoms with Crippen molar-refractivity contribution in [2.45, 2.75) is 29.8 Å². The molecule has 1 aromatic heterocycles. The first kappa shape index (κ1) is 18.2. The molecular weight excluding hydrogens is 376 g/mol. The Balaban J connectivity index is 1.97. The Labute approximate surface area is 158 Å². The Morgan fingerprint density at radius 3 is 2.63 bits per heavy atom. The molecule has 2 atom stereocenters. The quantitative estimate of drug-likeness (QED) is 0.862. The number of carboxylic acids is 1. The summed E-state index contributed by atoms with van der Waals surface area (Å²) in [7, 11) is 3.85. The van der Waals surface area contributed by atoms with Crippen LogP contribution in [0.3, 0.4) is 0 Å². The van der Waals surface area contributed by atoms with E-state index in [4.69, 9.17) is 0 Å². The van der Waals surface area contributed by atoms with Gasteiger partial charge in [0.25, 0.3) is 0 Å². The molecule has 4 rings (SSSR count). The van der Waals surface area contributed by atoms with Gasteiger partial charge in [0.1, 0.15) is 17.1 Å². The maximum atomic E-state index is 15.5. The molecule has 6 nitrogen and oxygen atoms in total. The Morgan fingerprint density at radius 1 is 1.37 bits per heavy atom. The van der Waals surface area contributed by atoms with E-state index in [2.05, 4.69) is 0 Å². The zero-order valence-electron chi connectivity index (χ0n) is 15.1. The van der Waals surface area contributed by atoms with Gasteiger partial charge in [-0.1, -0.05) is 11.8 Å². The summed E-state index contributed by atoms with van der Waals surface area (Å²) in [4.78, 5) is 27.8. The largest absolute Gasteiger partial charge is 0.477 e. The second-order valence-electron chi connectivity index (χ2n) is 7.17. The number of fused-ring (bicyclic) bond motifs is 3. The molecule has 0 aliphatic carbocycles. The van der Waals surface area contributed by atoms with Gasteiger partial charge in [-0.2, -0.15) is 0 Å². The van der Waals surface area contributed by atoms with Gasteiger partial charge in [0.15, 0.2) is 5.82 Å². The van der Waals surface area contributed by atoms with Gasteiger partial charge in [-0.15, -0.1) is 0 Å². The van der Waals surface area contributed by atoms with E-state index in [0.29, 0.717) is 13.1 Å². The smallest absolute Gasteiger partial charge is 0.342 e. The average molecular weight is 395 g/mol. The lowest BCUT2D eigenvalue weighted by Crippen LogP contribution is -2.33. The zero-order valence-corrected chi connectivity index (χ0v) is 15.9. The minimum atomic E-state index is -1.39. The molecular formula is C18H19F2N3O3S. The lowest BCUT2D eigenvalue weighted by atomic mass is 10.1. The molecule has 2 aliphatic heterocycles. The van der Waals surface area contributed by atoms with Crippen molar-refractivity contribution in [3.8, 4) is 0 Å². The summed E-state index contributed by atoms with van der Waals surface area (Å²) in [6.07, 6.45) is 0.784. The number of thioether (sulfide) groups is 1. The molecule has 2 aliphatic rings. The predicted octanol–water partition coefficient (Wildman–Crippen LogP) is 2.74. The highest BCUT2D eigenvalue weighted by atomic mass is 32.2. The highest BCUT2D eigenvalue weighted by molar-refractivity contribution is 8.00. The fourth-order valence-corrected chi connectivity index (χ4v) is 5.07. The standard InChI is InChI=1S/C18H19F2N3O3S/c1-8-23-14-10(16(24)12(18(25)26)17(23)27-8)6-11(19)15(13(14)20)22-5-4-9(7-22)21(2)3/h6,8-9H,4-5,7H2,1-3H3,(H,25,26)/t8?,9-/m0/s1. The summed E-state index contributed by atoms with van der Waals surface area (Å²) >= 11 is 1.19. The van der Waals surface area contributed by atoms with E-state index in [1.54, 1.807) is 11.8 Å². The molecule has 0 saturated carbocycles. The molecule has 27 heavy (non-hydrogen) atoms. The zero-order chi connectivity index (χ0) is 19.6. The van der Waals surface area contributed by atoms with Crippen LogP contribution in [0.1, 0.15) is 29.1 Å². The third-order valence-corrected chi connectivity index (χ3v) is 6.56. The highest BCUT2D eigenvalue weighted by Gasteiger charge is 2.36. The van der Waals surface area contributed by atoms with Crippen LogP contribution in [0.2, 0.25) is 0 Å². The van der Waals surface area contributed by atoms with Crippen molar-refractivity contribution in [2.24, 2.45) is 0 Å². The van der Waals surface area contributed by atoms with Crippen LogP contribution < -0.4 is 10.3 Å². The van der Waals surface area contributed by atoms with Gasteiger partial charge in [-0.05, 0) is 33.5 Å². The normalized spacial score (nSPS) is 21.6. The Kier molecular flexibility index (Phi) is 4.19. The molecule has 1 fully saturated rings. The molecule has 2 aromatic rings. The molecule has 0 bridgehead atoms. The van der Waals surface area contributed by atoms with Crippen LogP contribution in [0.5, 0.6) is 0 Å². The van der Waals surface area contributed by atoms with E-state index in [9.17, 15) is 19.1 Å². The van der Waals surface area contributed by atoms with Gasteiger partial charge < -0.3 is 19.5 Å². The number of likely N-dealkylation sites (N-methyl/N-ethyl adjacent to an activating group) is 1. The monoisotopic (exact) mass is 395 g/mol. The van der Waals surface area contributed by atoms with E-state index >= 15 is 4.39 Å². The molecule has 1 N–H and O–H groups in total. The van der Waals surface area contributed by atoms with Crippen molar-refractivity contribution in [3.05, 3.63) is 33.5 Å². The summed E-state index contributed by atoms with van der Waals surface area (Å²) in [5.74, 6) is -3.02. The number of aromatic carboxylic acids is 1. The summed E-state index contributed by atoms with van der Waals surface area (Å²) in [5.41, 5.74) is -1.44. The molecule has 9 heteroatoms. The number of anilines is 1. The number of hydrogen-bond acceptors (Lipinski definition) is 5. The lowest BCUT2D eigenvalue weighted by Gasteiger charge is -2.33. The molecule has 0 radical (unpaired) electrons. The van der Waals surface area contributed by atoms with Crippen LogP contribution in [0, 0.1) is 11.6 Å². The second kappa shape index (κ2) is 6.20. The van der Waals surface area contributed by atoms with Crippen LogP contribution >= 0.6 is 11.8 Å². The number of hydrogen-bond donors (Lipinski definition) is 1. The molecule has 3 heterocycles. The van der Waals surface area contributed by atoms with Crippen molar-refractivity contribution in [3.63, 3.8) is 0 Å². The number of aromatic nitrogens is 1. The topological polar surface area (TPSA) is 65.8 Å². The Bertz CT molecular complexity index is 1040. The maximum Gasteiger partial charge on any atom is 0.342 e. The van der Waals surface area contributed by atoms with Crippen LogP contribution in [0.4, 0.5) is 14.5 Å². The first-order chi connectivity index (χ1) is 12.7. The van der Waals surface area contributed by atoms with Crippen LogP contribution in [-0.2, 0) is 0 Å². The van der Waals surface area contributed by atoms with Crippen molar-refractivity contribution >= 4 is 34.3 Å². The predicted molar refractivity (Wildman–Crippen MR) is 100.0 cm³/mol. The third kappa shape index (κ3) is 2.55. The van der Waals surface area contributed by atoms with Gasteiger partial charge in [-0.3, -0.25) is 4.79 Å².